The Morgan fingerprint density at radius 3 is 2.56 bits per heavy atom. The van der Waals surface area contributed by atoms with Crippen molar-refractivity contribution in [2.75, 3.05) is 25.5 Å². The van der Waals surface area contributed by atoms with Gasteiger partial charge < -0.3 is 4.74 Å². The van der Waals surface area contributed by atoms with E-state index in [2.05, 4.69) is 5.32 Å². The maximum Gasteiger partial charge on any atom is 0.411 e. The highest BCUT2D eigenvalue weighted by Gasteiger charge is 2.26. The third-order valence-corrected chi connectivity index (χ3v) is 4.39. The van der Waals surface area contributed by atoms with E-state index in [1.54, 1.807) is 0 Å². The number of piperidine rings is 1. The van der Waals surface area contributed by atoms with Gasteiger partial charge in [0.1, 0.15) is 6.61 Å². The Kier molecular flexibility index (Phi) is 5.46. The van der Waals surface area contributed by atoms with Crippen LogP contribution in [-0.2, 0) is 16.1 Å². The topological polar surface area (TPSA) is 58.6 Å². The summed E-state index contributed by atoms with van der Waals surface area (Å²) in [4.78, 5) is 26.1. The van der Waals surface area contributed by atoms with Crippen molar-refractivity contribution in [2.45, 2.75) is 18.9 Å². The molecule has 2 aromatic rings. The third kappa shape index (κ3) is 4.67. The first-order valence-corrected chi connectivity index (χ1v) is 8.41. The molecular formula is C20H22N2O3. The number of Topliss-reactive ketones (excluding diaryl/α,β-unsaturated/α-hetero) is 1. The Bertz CT molecular complexity index is 728. The van der Waals surface area contributed by atoms with Crippen LogP contribution in [0.4, 0.5) is 10.5 Å². The molecule has 0 radical (unpaired) electrons. The largest absolute Gasteiger partial charge is 0.444 e. The number of rotatable bonds is 4. The minimum Gasteiger partial charge on any atom is -0.444 e. The van der Waals surface area contributed by atoms with Crippen LogP contribution in [0.15, 0.2) is 54.6 Å². The van der Waals surface area contributed by atoms with Crippen LogP contribution in [0.1, 0.15) is 23.5 Å². The van der Waals surface area contributed by atoms with Crippen molar-refractivity contribution in [2.24, 2.45) is 0 Å². The number of ether oxygens (including phenoxy) is 1. The zero-order valence-corrected chi connectivity index (χ0v) is 14.3. The molecule has 5 nitrogen and oxygen atoms in total. The molecule has 1 aliphatic heterocycles. The highest BCUT2D eigenvalue weighted by atomic mass is 16.5. The fourth-order valence-electron chi connectivity index (χ4n) is 2.99. The molecular weight excluding hydrogens is 316 g/mol. The first-order valence-electron chi connectivity index (χ1n) is 8.41. The van der Waals surface area contributed by atoms with Gasteiger partial charge in [0, 0.05) is 11.6 Å². The second-order valence-corrected chi connectivity index (χ2v) is 6.35. The molecule has 0 aromatic heterocycles. The molecule has 1 heterocycles. The quantitative estimate of drug-likeness (QED) is 0.928. The van der Waals surface area contributed by atoms with Crippen molar-refractivity contribution in [3.63, 3.8) is 0 Å². The Balaban J connectivity index is 1.53. The second kappa shape index (κ2) is 7.94. The van der Waals surface area contributed by atoms with E-state index in [-0.39, 0.29) is 18.3 Å². The fourth-order valence-corrected chi connectivity index (χ4v) is 2.99. The van der Waals surface area contributed by atoms with Gasteiger partial charge in [0.05, 0.1) is 6.54 Å². The van der Waals surface area contributed by atoms with Gasteiger partial charge in [0.25, 0.3) is 0 Å². The number of likely N-dealkylation sites (N-methyl/N-ethyl adjacent to an activating group) is 1. The zero-order valence-electron chi connectivity index (χ0n) is 14.3. The Morgan fingerprint density at radius 2 is 1.88 bits per heavy atom. The monoisotopic (exact) mass is 338 g/mol. The molecule has 1 aliphatic rings. The van der Waals surface area contributed by atoms with Gasteiger partial charge in [0.2, 0.25) is 0 Å². The van der Waals surface area contributed by atoms with Crippen molar-refractivity contribution >= 4 is 17.6 Å². The van der Waals surface area contributed by atoms with E-state index < -0.39 is 6.09 Å². The molecule has 1 fully saturated rings. The van der Waals surface area contributed by atoms with Gasteiger partial charge >= 0.3 is 6.09 Å². The number of benzene rings is 2. The number of carbonyl (C=O) groups excluding carboxylic acids is 2. The molecule has 2 aromatic carbocycles. The average molecular weight is 338 g/mol. The summed E-state index contributed by atoms with van der Waals surface area (Å²) in [6.07, 6.45) is 0.341. The molecule has 1 N–H and O–H groups in total. The van der Waals surface area contributed by atoms with Gasteiger partial charge in [-0.1, -0.05) is 42.5 Å². The summed E-state index contributed by atoms with van der Waals surface area (Å²) in [5, 5.41) is 2.71. The fraction of sp³-hybridized carbons (Fsp3) is 0.300. The van der Waals surface area contributed by atoms with Crippen LogP contribution in [0.25, 0.3) is 0 Å². The number of amides is 1. The molecule has 1 unspecified atom stereocenters. The number of ketones is 1. The number of anilines is 1. The standard InChI is InChI=1S/C20H22N2O3/c1-22-12-11-18(19(23)13-22)16-7-9-17(10-8-16)21-20(24)25-14-15-5-3-2-4-6-15/h2-10,18H,11-14H2,1H3,(H,21,24). The highest BCUT2D eigenvalue weighted by molar-refractivity contribution is 5.88. The van der Waals surface area contributed by atoms with Crippen LogP contribution < -0.4 is 5.32 Å². The zero-order chi connectivity index (χ0) is 17.6. The lowest BCUT2D eigenvalue weighted by Gasteiger charge is -2.28. The summed E-state index contributed by atoms with van der Waals surface area (Å²) in [7, 11) is 1.96. The molecule has 0 aliphatic carbocycles. The molecule has 1 amide bonds. The molecule has 1 atom stereocenters. The average Bonchev–Trinajstić information content (AvgIpc) is 2.62. The van der Waals surface area contributed by atoms with Gasteiger partial charge in [-0.05, 0) is 43.3 Å². The van der Waals surface area contributed by atoms with E-state index in [4.69, 9.17) is 4.74 Å². The summed E-state index contributed by atoms with van der Waals surface area (Å²) >= 11 is 0. The lowest BCUT2D eigenvalue weighted by atomic mass is 9.88. The molecule has 130 valence electrons. The van der Waals surface area contributed by atoms with Crippen LogP contribution >= 0.6 is 0 Å². The van der Waals surface area contributed by atoms with Crippen LogP contribution in [0.2, 0.25) is 0 Å². The highest BCUT2D eigenvalue weighted by Crippen LogP contribution is 2.26. The SMILES string of the molecule is CN1CCC(c2ccc(NC(=O)OCc3ccccc3)cc2)C(=O)C1. The number of likely N-dealkylation sites (tertiary alicyclic amines) is 1. The first-order chi connectivity index (χ1) is 12.1. The minimum absolute atomic E-state index is 0.0460. The van der Waals surface area contributed by atoms with E-state index >= 15 is 0 Å². The number of carbonyl (C=O) groups is 2. The first kappa shape index (κ1) is 17.2. The molecule has 5 heteroatoms. The predicted octanol–water partition coefficient (Wildman–Crippen LogP) is 3.42. The summed E-state index contributed by atoms with van der Waals surface area (Å²) in [5.41, 5.74) is 2.59. The van der Waals surface area contributed by atoms with E-state index in [0.717, 1.165) is 24.1 Å². The van der Waals surface area contributed by atoms with E-state index in [0.29, 0.717) is 12.2 Å². The minimum atomic E-state index is -0.494. The van der Waals surface area contributed by atoms with Crippen LogP contribution in [-0.4, -0.2) is 36.9 Å². The van der Waals surface area contributed by atoms with Crippen molar-refractivity contribution < 1.29 is 14.3 Å². The van der Waals surface area contributed by atoms with E-state index in [1.807, 2.05) is 66.5 Å². The molecule has 0 bridgehead atoms. The van der Waals surface area contributed by atoms with Crippen LogP contribution in [0.5, 0.6) is 0 Å². The molecule has 1 saturated heterocycles. The number of hydrogen-bond acceptors (Lipinski definition) is 4. The van der Waals surface area contributed by atoms with Gasteiger partial charge in [-0.25, -0.2) is 4.79 Å². The summed E-state index contributed by atoms with van der Waals surface area (Å²) in [6, 6.07) is 17.0. The Labute approximate surface area is 147 Å². The van der Waals surface area contributed by atoms with Gasteiger partial charge in [-0.3, -0.25) is 15.0 Å². The van der Waals surface area contributed by atoms with E-state index in [1.165, 1.54) is 0 Å². The maximum atomic E-state index is 12.2. The normalized spacial score (nSPS) is 18.0. The second-order valence-electron chi connectivity index (χ2n) is 6.35. The predicted molar refractivity (Wildman–Crippen MR) is 96.6 cm³/mol. The van der Waals surface area contributed by atoms with Gasteiger partial charge in [0.15, 0.2) is 5.78 Å². The number of hydrogen-bond donors (Lipinski definition) is 1. The molecule has 0 spiro atoms. The van der Waals surface area contributed by atoms with Crippen LogP contribution in [0, 0.1) is 0 Å². The van der Waals surface area contributed by atoms with Crippen molar-refractivity contribution in [1.29, 1.82) is 0 Å². The smallest absolute Gasteiger partial charge is 0.411 e. The summed E-state index contributed by atoms with van der Waals surface area (Å²) in [5.74, 6) is 0.201. The molecule has 0 saturated carbocycles. The Hall–Kier alpha value is -2.66. The van der Waals surface area contributed by atoms with Gasteiger partial charge in [-0.15, -0.1) is 0 Å². The number of nitrogens with one attached hydrogen (secondary N) is 1. The summed E-state index contributed by atoms with van der Waals surface area (Å²) < 4.78 is 5.20. The van der Waals surface area contributed by atoms with Crippen molar-refractivity contribution in [3.05, 3.63) is 65.7 Å². The lowest BCUT2D eigenvalue weighted by molar-refractivity contribution is -0.123. The maximum absolute atomic E-state index is 12.2. The van der Waals surface area contributed by atoms with Crippen LogP contribution in [0.3, 0.4) is 0 Å². The van der Waals surface area contributed by atoms with E-state index in [9.17, 15) is 9.59 Å². The van der Waals surface area contributed by atoms with Crippen molar-refractivity contribution in [1.82, 2.24) is 4.90 Å². The van der Waals surface area contributed by atoms with Gasteiger partial charge in [-0.2, -0.15) is 0 Å². The molecule has 25 heavy (non-hydrogen) atoms. The van der Waals surface area contributed by atoms with Crippen molar-refractivity contribution in [3.8, 4) is 0 Å². The number of nitrogens with zero attached hydrogens (tertiary/aromatic N) is 1. The molecule has 3 rings (SSSR count). The summed E-state index contributed by atoms with van der Waals surface area (Å²) in [6.45, 7) is 1.65. The Morgan fingerprint density at radius 1 is 1.16 bits per heavy atom. The lowest BCUT2D eigenvalue weighted by Crippen LogP contribution is -2.37. The third-order valence-electron chi connectivity index (χ3n) is 4.39.